The molecule has 5 heteroatoms. The molecular weight excluding hydrogens is 397 g/mol. The van der Waals surface area contributed by atoms with Crippen molar-refractivity contribution in [3.63, 3.8) is 0 Å². The summed E-state index contributed by atoms with van der Waals surface area (Å²) in [6, 6.07) is 8.54. The van der Waals surface area contributed by atoms with Gasteiger partial charge in [0, 0.05) is 10.9 Å². The van der Waals surface area contributed by atoms with Gasteiger partial charge in [-0.25, -0.2) is 0 Å². The molecule has 0 radical (unpaired) electrons. The molecule has 2 aromatic rings. The molecule has 21 heavy (non-hydrogen) atoms. The largest absolute Gasteiger partial charge is 0.497 e. The van der Waals surface area contributed by atoms with E-state index in [9.17, 15) is 0 Å². The first kappa shape index (κ1) is 15.0. The van der Waals surface area contributed by atoms with Crippen LogP contribution in [0.3, 0.4) is 0 Å². The monoisotopic (exact) mass is 415 g/mol. The number of rotatable bonds is 4. The molecule has 1 aliphatic carbocycles. The van der Waals surface area contributed by atoms with Gasteiger partial charge in [0.25, 0.3) is 0 Å². The van der Waals surface area contributed by atoms with Crippen molar-refractivity contribution in [2.24, 2.45) is 0 Å². The molecule has 0 aliphatic heterocycles. The average Bonchev–Trinajstić information content (AvgIpc) is 2.88. The van der Waals surface area contributed by atoms with Gasteiger partial charge in [-0.05, 0) is 65.6 Å². The second-order valence-corrected chi connectivity index (χ2v) is 8.12. The van der Waals surface area contributed by atoms with Crippen molar-refractivity contribution < 1.29 is 9.47 Å². The molecule has 1 N–H and O–H groups in total. The van der Waals surface area contributed by atoms with E-state index in [1.165, 1.54) is 26.2 Å². The van der Waals surface area contributed by atoms with Crippen molar-refractivity contribution in [3.05, 3.63) is 37.6 Å². The lowest BCUT2D eigenvalue weighted by Gasteiger charge is -2.25. The van der Waals surface area contributed by atoms with Crippen molar-refractivity contribution in [2.45, 2.75) is 25.3 Å². The number of ether oxygens (including phenoxy) is 2. The number of hydrogen-bond donors (Lipinski definition) is 1. The van der Waals surface area contributed by atoms with Crippen LogP contribution in [0.15, 0.2) is 24.3 Å². The van der Waals surface area contributed by atoms with Gasteiger partial charge in [0.2, 0.25) is 0 Å². The number of halogens is 1. The van der Waals surface area contributed by atoms with Crippen molar-refractivity contribution >= 4 is 39.6 Å². The van der Waals surface area contributed by atoms with Gasteiger partial charge in [-0.1, -0.05) is 0 Å². The van der Waals surface area contributed by atoms with Gasteiger partial charge in [0.1, 0.15) is 11.5 Å². The highest BCUT2D eigenvalue weighted by molar-refractivity contribution is 14.1. The minimum atomic E-state index is 0.356. The molecule has 1 aliphatic rings. The van der Waals surface area contributed by atoms with E-state index in [0.717, 1.165) is 23.6 Å². The van der Waals surface area contributed by atoms with Crippen LogP contribution in [0.2, 0.25) is 0 Å². The molecule has 1 heterocycles. The summed E-state index contributed by atoms with van der Waals surface area (Å²) in [7, 11) is 3.39. The quantitative estimate of drug-likeness (QED) is 0.724. The highest BCUT2D eigenvalue weighted by Crippen LogP contribution is 2.40. The van der Waals surface area contributed by atoms with Crippen LogP contribution < -0.4 is 14.8 Å². The molecule has 3 nitrogen and oxygen atoms in total. The predicted octanol–water partition coefficient (Wildman–Crippen LogP) is 4.86. The lowest BCUT2D eigenvalue weighted by Crippen LogP contribution is -2.16. The van der Waals surface area contributed by atoms with Gasteiger partial charge in [-0.15, -0.1) is 11.3 Å². The van der Waals surface area contributed by atoms with Crippen LogP contribution in [-0.2, 0) is 6.42 Å². The Hall–Kier alpha value is -0.950. The smallest absolute Gasteiger partial charge is 0.142 e. The molecular formula is C16H18INO2S. The summed E-state index contributed by atoms with van der Waals surface area (Å²) in [5.41, 5.74) is 2.44. The van der Waals surface area contributed by atoms with Gasteiger partial charge in [-0.2, -0.15) is 0 Å². The minimum Gasteiger partial charge on any atom is -0.497 e. The number of hydrogen-bond acceptors (Lipinski definition) is 4. The third-order valence-corrected chi connectivity index (χ3v) is 5.79. The van der Waals surface area contributed by atoms with Crippen LogP contribution in [-0.4, -0.2) is 14.2 Å². The van der Waals surface area contributed by atoms with Gasteiger partial charge in [0.15, 0.2) is 0 Å². The molecule has 0 saturated carbocycles. The zero-order valence-electron chi connectivity index (χ0n) is 12.1. The molecule has 112 valence electrons. The Morgan fingerprint density at radius 3 is 2.86 bits per heavy atom. The topological polar surface area (TPSA) is 30.5 Å². The summed E-state index contributed by atoms with van der Waals surface area (Å²) in [6.45, 7) is 0. The van der Waals surface area contributed by atoms with E-state index in [1.807, 2.05) is 29.5 Å². The van der Waals surface area contributed by atoms with Crippen LogP contribution >= 0.6 is 33.9 Å². The van der Waals surface area contributed by atoms with Crippen LogP contribution in [0.1, 0.15) is 29.3 Å². The number of anilines is 1. The maximum Gasteiger partial charge on any atom is 0.142 e. The third-order valence-electron chi connectivity index (χ3n) is 3.82. The Balaban J connectivity index is 1.90. The fraction of sp³-hybridized carbons (Fsp3) is 0.375. The van der Waals surface area contributed by atoms with Crippen LogP contribution in [0.4, 0.5) is 5.69 Å². The lowest BCUT2D eigenvalue weighted by molar-refractivity contribution is 0.404. The molecule has 0 bridgehead atoms. The molecule has 0 fully saturated rings. The van der Waals surface area contributed by atoms with Gasteiger partial charge >= 0.3 is 0 Å². The number of nitrogens with one attached hydrogen (secondary N) is 1. The number of fused-ring (bicyclic) bond motifs is 1. The maximum atomic E-state index is 5.46. The second-order valence-electron chi connectivity index (χ2n) is 5.08. The Kier molecular flexibility index (Phi) is 4.59. The van der Waals surface area contributed by atoms with Crippen LogP contribution in [0.25, 0.3) is 0 Å². The maximum absolute atomic E-state index is 5.46. The van der Waals surface area contributed by atoms with Gasteiger partial charge in [0.05, 0.1) is 28.8 Å². The van der Waals surface area contributed by atoms with Crippen molar-refractivity contribution in [1.82, 2.24) is 0 Å². The zero-order chi connectivity index (χ0) is 14.8. The highest BCUT2D eigenvalue weighted by atomic mass is 127. The van der Waals surface area contributed by atoms with E-state index in [4.69, 9.17) is 9.47 Å². The van der Waals surface area contributed by atoms with E-state index >= 15 is 0 Å². The van der Waals surface area contributed by atoms with E-state index < -0.39 is 0 Å². The SMILES string of the molecule is COc1ccc(OC)c(NC2CCCc3sc(I)cc32)c1. The van der Waals surface area contributed by atoms with E-state index in [1.54, 1.807) is 14.2 Å². The average molecular weight is 415 g/mol. The molecule has 0 amide bonds. The van der Waals surface area contributed by atoms with Crippen molar-refractivity contribution in [1.29, 1.82) is 0 Å². The Bertz CT molecular complexity index is 641. The molecule has 0 saturated heterocycles. The van der Waals surface area contributed by atoms with E-state index in [0.29, 0.717) is 6.04 Å². The number of methoxy groups -OCH3 is 2. The third kappa shape index (κ3) is 3.13. The summed E-state index contributed by atoms with van der Waals surface area (Å²) >= 11 is 4.33. The fourth-order valence-electron chi connectivity index (χ4n) is 2.79. The molecule has 1 aromatic carbocycles. The number of benzene rings is 1. The number of thiophene rings is 1. The number of aryl methyl sites for hydroxylation is 1. The second kappa shape index (κ2) is 6.44. The molecule has 1 aromatic heterocycles. The summed E-state index contributed by atoms with van der Waals surface area (Å²) in [6.07, 6.45) is 3.59. The van der Waals surface area contributed by atoms with Gasteiger partial charge < -0.3 is 14.8 Å². The predicted molar refractivity (Wildman–Crippen MR) is 95.9 cm³/mol. The minimum absolute atomic E-state index is 0.356. The normalized spacial score (nSPS) is 17.2. The standard InChI is InChI=1S/C16H18INO2S/c1-19-10-6-7-14(20-2)13(8-10)18-12-4-3-5-15-11(12)9-16(17)21-15/h6-9,12,18H,3-5H2,1-2H3. The summed E-state index contributed by atoms with van der Waals surface area (Å²) in [5, 5.41) is 3.64. The molecule has 3 rings (SSSR count). The van der Waals surface area contributed by atoms with E-state index in [2.05, 4.69) is 34.0 Å². The van der Waals surface area contributed by atoms with Crippen molar-refractivity contribution in [2.75, 3.05) is 19.5 Å². The Morgan fingerprint density at radius 2 is 2.10 bits per heavy atom. The zero-order valence-corrected chi connectivity index (χ0v) is 15.1. The molecule has 1 unspecified atom stereocenters. The summed E-state index contributed by atoms with van der Waals surface area (Å²) < 4.78 is 12.1. The van der Waals surface area contributed by atoms with Crippen LogP contribution in [0.5, 0.6) is 11.5 Å². The first-order valence-corrected chi connectivity index (χ1v) is 8.87. The first-order valence-electron chi connectivity index (χ1n) is 6.98. The molecule has 1 atom stereocenters. The highest BCUT2D eigenvalue weighted by Gasteiger charge is 2.23. The first-order chi connectivity index (χ1) is 10.2. The van der Waals surface area contributed by atoms with E-state index in [-0.39, 0.29) is 0 Å². The lowest BCUT2D eigenvalue weighted by atomic mass is 9.94. The summed E-state index contributed by atoms with van der Waals surface area (Å²) in [5.74, 6) is 1.70. The fourth-order valence-corrected chi connectivity index (χ4v) is 4.91. The van der Waals surface area contributed by atoms with Crippen molar-refractivity contribution in [3.8, 4) is 11.5 Å². The van der Waals surface area contributed by atoms with Gasteiger partial charge in [-0.3, -0.25) is 0 Å². The Morgan fingerprint density at radius 1 is 1.24 bits per heavy atom. The summed E-state index contributed by atoms with van der Waals surface area (Å²) in [4.78, 5) is 1.52. The Labute approximate surface area is 142 Å². The molecule has 0 spiro atoms. The van der Waals surface area contributed by atoms with Crippen LogP contribution in [0, 0.1) is 2.88 Å².